The monoisotopic (exact) mass is 362 g/mol. The molecule has 0 saturated heterocycles. The Morgan fingerprint density at radius 1 is 0.962 bits per heavy atom. The summed E-state index contributed by atoms with van der Waals surface area (Å²) >= 11 is 5.37. The van der Waals surface area contributed by atoms with Crippen molar-refractivity contribution in [1.82, 2.24) is 14.9 Å². The first kappa shape index (κ1) is 16.9. The summed E-state index contributed by atoms with van der Waals surface area (Å²) in [4.78, 5) is 0. The van der Waals surface area contributed by atoms with Gasteiger partial charge in [-0.05, 0) is 41.7 Å². The Balaban J connectivity index is 1.55. The molecule has 132 valence electrons. The molecule has 0 unspecified atom stereocenters. The summed E-state index contributed by atoms with van der Waals surface area (Å²) in [6.07, 6.45) is 8.02. The molecule has 1 heterocycles. The lowest BCUT2D eigenvalue weighted by Gasteiger charge is -2.19. The van der Waals surface area contributed by atoms with Gasteiger partial charge < -0.3 is 0 Å². The molecule has 1 aliphatic rings. The van der Waals surface area contributed by atoms with Crippen LogP contribution in [0.2, 0.25) is 0 Å². The molecule has 1 fully saturated rings. The molecule has 4 nitrogen and oxygen atoms in total. The van der Waals surface area contributed by atoms with Crippen molar-refractivity contribution in [2.45, 2.75) is 38.0 Å². The quantitative estimate of drug-likeness (QED) is 0.489. The van der Waals surface area contributed by atoms with Crippen LogP contribution in [0.25, 0.3) is 11.1 Å². The number of hydrogen-bond acceptors (Lipinski definition) is 3. The third-order valence-corrected chi connectivity index (χ3v) is 5.25. The van der Waals surface area contributed by atoms with Crippen molar-refractivity contribution < 1.29 is 0 Å². The maximum absolute atomic E-state index is 5.37. The number of rotatable bonds is 4. The molecule has 26 heavy (non-hydrogen) atoms. The van der Waals surface area contributed by atoms with Crippen molar-refractivity contribution in [3.63, 3.8) is 0 Å². The molecule has 0 radical (unpaired) electrons. The lowest BCUT2D eigenvalue weighted by atomic mass is 9.89. The Morgan fingerprint density at radius 2 is 1.65 bits per heavy atom. The van der Waals surface area contributed by atoms with Gasteiger partial charge in [-0.2, -0.15) is 14.9 Å². The summed E-state index contributed by atoms with van der Waals surface area (Å²) in [5.41, 5.74) is 3.46. The van der Waals surface area contributed by atoms with Crippen LogP contribution in [0.1, 0.15) is 49.4 Å². The van der Waals surface area contributed by atoms with Crippen molar-refractivity contribution in [3.05, 3.63) is 70.8 Å². The van der Waals surface area contributed by atoms with Gasteiger partial charge in [-0.3, -0.25) is 5.10 Å². The average molecular weight is 363 g/mol. The second-order valence-corrected chi connectivity index (χ2v) is 7.15. The third-order valence-electron chi connectivity index (χ3n) is 4.99. The summed E-state index contributed by atoms with van der Waals surface area (Å²) in [6.45, 7) is 0. The summed E-state index contributed by atoms with van der Waals surface area (Å²) in [5.74, 6) is 1.42. The first-order valence-corrected chi connectivity index (χ1v) is 9.59. The molecular weight excluding hydrogens is 340 g/mol. The Kier molecular flexibility index (Phi) is 5.07. The second-order valence-electron chi connectivity index (χ2n) is 6.77. The highest BCUT2D eigenvalue weighted by Crippen LogP contribution is 2.31. The molecule has 0 amide bonds. The predicted octanol–water partition coefficient (Wildman–Crippen LogP) is 5.54. The summed E-state index contributed by atoms with van der Waals surface area (Å²) in [7, 11) is 0. The number of nitrogens with one attached hydrogen (secondary N) is 1. The smallest absolute Gasteiger partial charge is 0.216 e. The fraction of sp³-hybridized carbons (Fsp3) is 0.286. The molecule has 0 bridgehead atoms. The van der Waals surface area contributed by atoms with E-state index in [2.05, 4.69) is 63.8 Å². The fourth-order valence-electron chi connectivity index (χ4n) is 3.56. The van der Waals surface area contributed by atoms with Gasteiger partial charge in [0.1, 0.15) is 0 Å². The molecule has 5 heteroatoms. The standard InChI is InChI=1S/C21H22N4S/c26-21-24-23-20(19-9-5-2-6-10-19)25(21)22-15-16-11-13-18(14-12-16)17-7-3-1-4-8-17/h1,3-4,7-8,11-15,19H,2,5-6,9-10H2,(H,24,26)/b22-15+. The zero-order valence-corrected chi connectivity index (χ0v) is 15.5. The molecule has 3 aromatic rings. The van der Waals surface area contributed by atoms with Crippen molar-refractivity contribution in [2.24, 2.45) is 5.10 Å². The lowest BCUT2D eigenvalue weighted by Crippen LogP contribution is -2.10. The van der Waals surface area contributed by atoms with E-state index in [0.717, 1.165) is 11.4 Å². The van der Waals surface area contributed by atoms with Gasteiger partial charge in [-0.25, -0.2) is 0 Å². The minimum Gasteiger partial charge on any atom is -0.250 e. The molecule has 0 spiro atoms. The highest BCUT2D eigenvalue weighted by molar-refractivity contribution is 7.71. The van der Waals surface area contributed by atoms with E-state index >= 15 is 0 Å². The minimum atomic E-state index is 0.453. The van der Waals surface area contributed by atoms with Crippen LogP contribution < -0.4 is 0 Å². The van der Waals surface area contributed by atoms with Gasteiger partial charge >= 0.3 is 0 Å². The van der Waals surface area contributed by atoms with E-state index in [-0.39, 0.29) is 0 Å². The summed E-state index contributed by atoms with van der Waals surface area (Å²) < 4.78 is 2.35. The Morgan fingerprint density at radius 3 is 2.38 bits per heavy atom. The number of hydrogen-bond donors (Lipinski definition) is 1. The highest BCUT2D eigenvalue weighted by Gasteiger charge is 2.21. The van der Waals surface area contributed by atoms with Crippen molar-refractivity contribution in [1.29, 1.82) is 0 Å². The molecule has 0 aliphatic heterocycles. The number of aromatic nitrogens is 3. The maximum Gasteiger partial charge on any atom is 0.216 e. The van der Waals surface area contributed by atoms with Gasteiger partial charge in [0.05, 0.1) is 6.21 Å². The molecule has 2 aromatic carbocycles. The first-order valence-electron chi connectivity index (χ1n) is 9.18. The van der Waals surface area contributed by atoms with Crippen LogP contribution in [-0.2, 0) is 0 Å². The van der Waals surface area contributed by atoms with Gasteiger partial charge in [0.2, 0.25) is 4.77 Å². The molecule has 1 aliphatic carbocycles. The van der Waals surface area contributed by atoms with Gasteiger partial charge in [0.15, 0.2) is 5.82 Å². The van der Waals surface area contributed by atoms with E-state index in [1.54, 1.807) is 4.68 Å². The highest BCUT2D eigenvalue weighted by atomic mass is 32.1. The number of nitrogens with zero attached hydrogens (tertiary/aromatic N) is 3. The van der Waals surface area contributed by atoms with Crippen LogP contribution in [0.3, 0.4) is 0 Å². The molecule has 1 saturated carbocycles. The van der Waals surface area contributed by atoms with E-state index < -0.39 is 0 Å². The fourth-order valence-corrected chi connectivity index (χ4v) is 3.74. The van der Waals surface area contributed by atoms with Crippen LogP contribution in [0, 0.1) is 4.77 Å². The topological polar surface area (TPSA) is 46.0 Å². The molecule has 1 aromatic heterocycles. The Bertz CT molecular complexity index is 932. The first-order chi connectivity index (χ1) is 12.8. The molecule has 4 rings (SSSR count). The van der Waals surface area contributed by atoms with Crippen molar-refractivity contribution in [2.75, 3.05) is 0 Å². The molecular formula is C21H22N4S. The van der Waals surface area contributed by atoms with Gasteiger partial charge in [0, 0.05) is 5.92 Å². The van der Waals surface area contributed by atoms with Crippen LogP contribution in [0.5, 0.6) is 0 Å². The van der Waals surface area contributed by atoms with Gasteiger partial charge in [-0.15, -0.1) is 0 Å². The van der Waals surface area contributed by atoms with Crippen molar-refractivity contribution >= 4 is 18.4 Å². The zero-order valence-electron chi connectivity index (χ0n) is 14.6. The van der Waals surface area contributed by atoms with E-state index in [0.29, 0.717) is 10.7 Å². The Labute approximate surface area is 158 Å². The maximum atomic E-state index is 5.37. The number of benzene rings is 2. The van der Waals surface area contributed by atoms with Crippen molar-refractivity contribution in [3.8, 4) is 11.1 Å². The van der Waals surface area contributed by atoms with Gasteiger partial charge in [0.25, 0.3) is 0 Å². The van der Waals surface area contributed by atoms with Crippen LogP contribution >= 0.6 is 12.2 Å². The van der Waals surface area contributed by atoms with E-state index in [1.165, 1.54) is 43.2 Å². The van der Waals surface area contributed by atoms with Crippen LogP contribution in [-0.4, -0.2) is 21.1 Å². The number of aromatic amines is 1. The van der Waals surface area contributed by atoms with Gasteiger partial charge in [-0.1, -0.05) is 73.9 Å². The molecule has 0 atom stereocenters. The van der Waals surface area contributed by atoms with E-state index in [4.69, 9.17) is 12.2 Å². The normalized spacial score (nSPS) is 15.5. The number of H-pyrrole nitrogens is 1. The second kappa shape index (κ2) is 7.79. The van der Waals surface area contributed by atoms with E-state index in [1.807, 2.05) is 12.3 Å². The summed E-state index contributed by atoms with van der Waals surface area (Å²) in [5, 5.41) is 11.9. The predicted molar refractivity (Wildman–Crippen MR) is 108 cm³/mol. The largest absolute Gasteiger partial charge is 0.250 e. The SMILES string of the molecule is S=c1[nH]nc(C2CCCCC2)n1/N=C/c1ccc(-c2ccccc2)cc1. The minimum absolute atomic E-state index is 0.453. The average Bonchev–Trinajstić information content (AvgIpc) is 3.08. The summed E-state index contributed by atoms with van der Waals surface area (Å²) in [6, 6.07) is 18.8. The van der Waals surface area contributed by atoms with Crippen LogP contribution in [0.15, 0.2) is 59.7 Å². The lowest BCUT2D eigenvalue weighted by molar-refractivity contribution is 0.419. The third kappa shape index (κ3) is 3.68. The van der Waals surface area contributed by atoms with E-state index in [9.17, 15) is 0 Å². The molecule has 1 N–H and O–H groups in total. The Hall–Kier alpha value is -2.53. The van der Waals surface area contributed by atoms with Crippen LogP contribution in [0.4, 0.5) is 0 Å². The zero-order chi connectivity index (χ0) is 17.8.